The lowest BCUT2D eigenvalue weighted by Gasteiger charge is -2.34. The van der Waals surface area contributed by atoms with Crippen molar-refractivity contribution in [3.63, 3.8) is 0 Å². The summed E-state index contributed by atoms with van der Waals surface area (Å²) in [5, 5.41) is 2.52. The van der Waals surface area contributed by atoms with E-state index < -0.39 is 29.4 Å². The van der Waals surface area contributed by atoms with Crippen LogP contribution in [0.25, 0.3) is 0 Å². The quantitative estimate of drug-likeness (QED) is 0.598. The Bertz CT molecular complexity index is 909. The van der Waals surface area contributed by atoms with Gasteiger partial charge in [0.25, 0.3) is 0 Å². The smallest absolute Gasteiger partial charge is 0.381 e. The number of hydrogen-bond acceptors (Lipinski definition) is 3. The van der Waals surface area contributed by atoms with Gasteiger partial charge in [0, 0.05) is 38.0 Å². The second kappa shape index (κ2) is 9.68. The van der Waals surface area contributed by atoms with Gasteiger partial charge in [-0.3, -0.25) is 4.79 Å². The number of carbonyl (C=O) groups is 1. The number of alkyl halides is 3. The number of halogens is 4. The molecule has 2 aromatic rings. The minimum atomic E-state index is -4.56. The molecule has 3 rings (SSSR count). The van der Waals surface area contributed by atoms with Gasteiger partial charge >= 0.3 is 6.18 Å². The maximum absolute atomic E-state index is 13.9. The van der Waals surface area contributed by atoms with Crippen molar-refractivity contribution in [2.45, 2.75) is 44.4 Å². The van der Waals surface area contributed by atoms with Crippen LogP contribution in [0, 0.1) is 5.82 Å². The Kier molecular flexibility index (Phi) is 7.20. The Labute approximate surface area is 179 Å². The summed E-state index contributed by atoms with van der Waals surface area (Å²) in [5.74, 6) is -1.30. The minimum absolute atomic E-state index is 0.0471. The van der Waals surface area contributed by atoms with Gasteiger partial charge in [0.15, 0.2) is 0 Å². The lowest BCUT2D eigenvalue weighted by atomic mass is 9.97. The van der Waals surface area contributed by atoms with Crippen molar-refractivity contribution >= 4 is 17.3 Å². The van der Waals surface area contributed by atoms with E-state index in [1.54, 1.807) is 37.1 Å². The number of rotatable bonds is 6. The molecule has 1 saturated heterocycles. The van der Waals surface area contributed by atoms with E-state index >= 15 is 0 Å². The molecule has 168 valence electrons. The molecule has 31 heavy (non-hydrogen) atoms. The number of piperidine rings is 1. The van der Waals surface area contributed by atoms with Gasteiger partial charge < -0.3 is 15.0 Å². The molecule has 4 nitrogen and oxygen atoms in total. The molecule has 1 aliphatic rings. The average molecular weight is 438 g/mol. The lowest BCUT2D eigenvalue weighted by Crippen LogP contribution is -2.37. The first-order valence-corrected chi connectivity index (χ1v) is 10.2. The maximum Gasteiger partial charge on any atom is 0.418 e. The van der Waals surface area contributed by atoms with Crippen LogP contribution >= 0.6 is 0 Å². The number of anilines is 2. The molecule has 0 aromatic heterocycles. The van der Waals surface area contributed by atoms with Gasteiger partial charge in [-0.25, -0.2) is 4.39 Å². The van der Waals surface area contributed by atoms with E-state index in [0.29, 0.717) is 31.5 Å². The summed E-state index contributed by atoms with van der Waals surface area (Å²) < 4.78 is 60.4. The number of amides is 1. The van der Waals surface area contributed by atoms with Crippen LogP contribution in [-0.4, -0.2) is 32.2 Å². The minimum Gasteiger partial charge on any atom is -0.381 e. The van der Waals surface area contributed by atoms with Gasteiger partial charge in [0.1, 0.15) is 5.82 Å². The molecule has 1 heterocycles. The fourth-order valence-corrected chi connectivity index (χ4v) is 3.92. The standard InChI is InChI=1S/C23H26F4N2O2/c1-15(18-5-3-4-6-20(18)24)13-22(30)28-16-7-8-21(19(14-16)23(25,26)27)29-11-9-17(31-2)10-12-29/h3-8,14-15,17H,9-13H2,1-2H3,(H,28,30). The molecule has 0 radical (unpaired) electrons. The van der Waals surface area contributed by atoms with Crippen LogP contribution in [0.15, 0.2) is 42.5 Å². The Morgan fingerprint density at radius 1 is 1.19 bits per heavy atom. The third-order valence-corrected chi connectivity index (χ3v) is 5.63. The van der Waals surface area contributed by atoms with Crippen LogP contribution in [0.4, 0.5) is 28.9 Å². The zero-order valence-electron chi connectivity index (χ0n) is 17.5. The molecule has 8 heteroatoms. The number of ether oxygens (including phenoxy) is 1. The van der Waals surface area contributed by atoms with E-state index in [9.17, 15) is 22.4 Å². The van der Waals surface area contributed by atoms with Crippen LogP contribution in [0.3, 0.4) is 0 Å². The van der Waals surface area contributed by atoms with Gasteiger partial charge in [-0.15, -0.1) is 0 Å². The summed E-state index contributed by atoms with van der Waals surface area (Å²) in [6.45, 7) is 2.63. The molecule has 0 saturated carbocycles. The van der Waals surface area contributed by atoms with Crippen molar-refractivity contribution in [2.24, 2.45) is 0 Å². The molecule has 0 aliphatic carbocycles. The lowest BCUT2D eigenvalue weighted by molar-refractivity contribution is -0.137. The third-order valence-electron chi connectivity index (χ3n) is 5.63. The fraction of sp³-hybridized carbons (Fsp3) is 0.435. The molecule has 1 amide bonds. The first-order valence-electron chi connectivity index (χ1n) is 10.2. The van der Waals surface area contributed by atoms with E-state index in [0.717, 1.165) is 6.07 Å². The SMILES string of the molecule is COC1CCN(c2ccc(NC(=O)CC(C)c3ccccc3F)cc2C(F)(F)F)CC1. The predicted molar refractivity (Wildman–Crippen MR) is 112 cm³/mol. The number of nitrogens with zero attached hydrogens (tertiary/aromatic N) is 1. The molecular weight excluding hydrogens is 412 g/mol. The highest BCUT2D eigenvalue weighted by Gasteiger charge is 2.36. The second-order valence-electron chi connectivity index (χ2n) is 7.83. The summed E-state index contributed by atoms with van der Waals surface area (Å²) in [7, 11) is 1.60. The molecular formula is C23H26F4N2O2. The van der Waals surface area contributed by atoms with Gasteiger partial charge in [0.05, 0.1) is 11.7 Å². The van der Waals surface area contributed by atoms with E-state index in [1.165, 1.54) is 18.2 Å². The Morgan fingerprint density at radius 2 is 1.87 bits per heavy atom. The van der Waals surface area contributed by atoms with E-state index in [-0.39, 0.29) is 23.9 Å². The number of nitrogens with one attached hydrogen (secondary N) is 1. The number of hydrogen-bond donors (Lipinski definition) is 1. The molecule has 1 N–H and O–H groups in total. The zero-order valence-corrected chi connectivity index (χ0v) is 17.5. The summed E-state index contributed by atoms with van der Waals surface area (Å²) in [6.07, 6.45) is -3.25. The molecule has 0 spiro atoms. The Morgan fingerprint density at radius 3 is 2.48 bits per heavy atom. The third kappa shape index (κ3) is 5.76. The zero-order chi connectivity index (χ0) is 22.6. The van der Waals surface area contributed by atoms with Crippen LogP contribution < -0.4 is 10.2 Å². The fourth-order valence-electron chi connectivity index (χ4n) is 3.92. The van der Waals surface area contributed by atoms with E-state index in [1.807, 2.05) is 0 Å². The number of benzene rings is 2. The highest BCUT2D eigenvalue weighted by molar-refractivity contribution is 5.91. The molecule has 1 aliphatic heterocycles. The van der Waals surface area contributed by atoms with Crippen LogP contribution in [0.5, 0.6) is 0 Å². The Balaban J connectivity index is 1.73. The van der Waals surface area contributed by atoms with Crippen molar-refractivity contribution in [3.05, 3.63) is 59.4 Å². The van der Waals surface area contributed by atoms with Crippen molar-refractivity contribution in [1.82, 2.24) is 0 Å². The van der Waals surface area contributed by atoms with Crippen LogP contribution in [-0.2, 0) is 15.7 Å². The van der Waals surface area contributed by atoms with Crippen molar-refractivity contribution in [2.75, 3.05) is 30.4 Å². The van der Waals surface area contributed by atoms with Gasteiger partial charge in [-0.05, 0) is 48.6 Å². The van der Waals surface area contributed by atoms with Crippen molar-refractivity contribution in [1.29, 1.82) is 0 Å². The van der Waals surface area contributed by atoms with E-state index in [4.69, 9.17) is 4.74 Å². The van der Waals surface area contributed by atoms with Crippen LogP contribution in [0.1, 0.15) is 43.2 Å². The van der Waals surface area contributed by atoms with Gasteiger partial charge in [-0.2, -0.15) is 13.2 Å². The first kappa shape index (κ1) is 23.1. The topological polar surface area (TPSA) is 41.6 Å². The predicted octanol–water partition coefficient (Wildman–Crippen LogP) is 5.59. The summed E-state index contributed by atoms with van der Waals surface area (Å²) in [5.41, 5.74) is -0.236. The maximum atomic E-state index is 13.9. The van der Waals surface area contributed by atoms with Crippen molar-refractivity contribution in [3.8, 4) is 0 Å². The normalized spacial score (nSPS) is 16.3. The molecule has 1 fully saturated rings. The van der Waals surface area contributed by atoms with E-state index in [2.05, 4.69) is 5.32 Å². The average Bonchev–Trinajstić information content (AvgIpc) is 2.73. The monoisotopic (exact) mass is 438 g/mol. The van der Waals surface area contributed by atoms with Crippen LogP contribution in [0.2, 0.25) is 0 Å². The summed E-state index contributed by atoms with van der Waals surface area (Å²) >= 11 is 0. The Hall–Kier alpha value is -2.61. The summed E-state index contributed by atoms with van der Waals surface area (Å²) in [6, 6.07) is 9.97. The highest BCUT2D eigenvalue weighted by atomic mass is 19.4. The molecule has 0 bridgehead atoms. The number of methoxy groups -OCH3 is 1. The van der Waals surface area contributed by atoms with Gasteiger partial charge in [-0.1, -0.05) is 25.1 Å². The molecule has 2 aromatic carbocycles. The largest absolute Gasteiger partial charge is 0.418 e. The molecule has 1 atom stereocenters. The highest BCUT2D eigenvalue weighted by Crippen LogP contribution is 2.39. The first-order chi connectivity index (χ1) is 14.7. The van der Waals surface area contributed by atoms with Crippen molar-refractivity contribution < 1.29 is 27.1 Å². The number of carbonyl (C=O) groups excluding carboxylic acids is 1. The second-order valence-corrected chi connectivity index (χ2v) is 7.83. The summed E-state index contributed by atoms with van der Waals surface area (Å²) in [4.78, 5) is 14.1. The molecule has 1 unspecified atom stereocenters. The van der Waals surface area contributed by atoms with Gasteiger partial charge in [0.2, 0.25) is 5.91 Å².